The largest absolute Gasteiger partial charge is 0.355 e. The number of halogens is 1. The van der Waals surface area contributed by atoms with E-state index in [0.29, 0.717) is 6.42 Å². The minimum atomic E-state index is 0.116. The Hall–Kier alpha value is -0.830. The fourth-order valence-corrected chi connectivity index (χ4v) is 2.14. The number of hydrogen-bond acceptors (Lipinski definition) is 1. The molecule has 0 spiro atoms. The second-order valence-electron chi connectivity index (χ2n) is 3.15. The molecule has 0 aromatic heterocycles. The van der Waals surface area contributed by atoms with Crippen LogP contribution < -0.4 is 5.32 Å². The van der Waals surface area contributed by atoms with Crippen molar-refractivity contribution in [1.29, 1.82) is 0 Å². The van der Waals surface area contributed by atoms with Gasteiger partial charge < -0.3 is 5.32 Å². The summed E-state index contributed by atoms with van der Waals surface area (Å²) < 4.78 is 1.04. The maximum absolute atomic E-state index is 11.3. The summed E-state index contributed by atoms with van der Waals surface area (Å²) in [6.45, 7) is 0.752. The predicted octanol–water partition coefficient (Wildman–Crippen LogP) is 1.66. The molecule has 1 aromatic rings. The predicted molar refractivity (Wildman–Crippen MR) is 54.6 cm³/mol. The minimum absolute atomic E-state index is 0.116. The molecule has 1 aromatic carbocycles. The Kier molecular flexibility index (Phi) is 2.36. The molecule has 0 fully saturated rings. The van der Waals surface area contributed by atoms with Crippen LogP contribution in [0.5, 0.6) is 0 Å². The van der Waals surface area contributed by atoms with E-state index in [1.165, 1.54) is 5.56 Å². The first-order valence-electron chi connectivity index (χ1n) is 4.30. The van der Waals surface area contributed by atoms with Crippen LogP contribution in [0.1, 0.15) is 11.1 Å². The first-order chi connectivity index (χ1) is 6.27. The Morgan fingerprint density at radius 3 is 3.08 bits per heavy atom. The van der Waals surface area contributed by atoms with Gasteiger partial charge in [-0.15, -0.1) is 0 Å². The van der Waals surface area contributed by atoms with Crippen molar-refractivity contribution >= 4 is 21.8 Å². The van der Waals surface area contributed by atoms with Gasteiger partial charge in [-0.3, -0.25) is 4.79 Å². The fraction of sp³-hybridized carbons (Fsp3) is 0.300. The SMILES string of the molecule is O=C1Cc2c(Br)cccc2CCN1. The van der Waals surface area contributed by atoms with Crippen LogP contribution >= 0.6 is 15.9 Å². The lowest BCUT2D eigenvalue weighted by Gasteiger charge is -2.05. The number of nitrogens with one attached hydrogen (secondary N) is 1. The molecule has 0 saturated carbocycles. The summed E-state index contributed by atoms with van der Waals surface area (Å²) in [4.78, 5) is 11.3. The third kappa shape index (κ3) is 1.75. The molecule has 0 aliphatic carbocycles. The third-order valence-electron chi connectivity index (χ3n) is 2.27. The molecule has 0 saturated heterocycles. The Morgan fingerprint density at radius 2 is 2.23 bits per heavy atom. The molecule has 1 aliphatic heterocycles. The summed E-state index contributed by atoms with van der Waals surface area (Å²) in [5.74, 6) is 0.116. The van der Waals surface area contributed by atoms with Crippen LogP contribution in [0.3, 0.4) is 0 Å². The van der Waals surface area contributed by atoms with Crippen LogP contribution in [0.4, 0.5) is 0 Å². The first kappa shape index (κ1) is 8.75. The van der Waals surface area contributed by atoms with Crippen molar-refractivity contribution in [3.8, 4) is 0 Å². The number of benzene rings is 1. The van der Waals surface area contributed by atoms with Crippen LogP contribution in [0.2, 0.25) is 0 Å². The monoisotopic (exact) mass is 239 g/mol. The lowest BCUT2D eigenvalue weighted by atomic mass is 10.0. The van der Waals surface area contributed by atoms with Crippen molar-refractivity contribution in [1.82, 2.24) is 5.32 Å². The highest BCUT2D eigenvalue weighted by molar-refractivity contribution is 9.10. The Balaban J connectivity index is 2.46. The highest BCUT2D eigenvalue weighted by Gasteiger charge is 2.14. The van der Waals surface area contributed by atoms with Crippen molar-refractivity contribution in [3.05, 3.63) is 33.8 Å². The Labute approximate surface area is 85.5 Å². The molecule has 2 rings (SSSR count). The van der Waals surface area contributed by atoms with E-state index in [1.807, 2.05) is 12.1 Å². The lowest BCUT2D eigenvalue weighted by Crippen LogP contribution is -2.24. The van der Waals surface area contributed by atoms with Gasteiger partial charge in [0.25, 0.3) is 0 Å². The van der Waals surface area contributed by atoms with E-state index in [2.05, 4.69) is 27.3 Å². The molecule has 68 valence electrons. The van der Waals surface area contributed by atoms with Crippen molar-refractivity contribution in [2.75, 3.05) is 6.54 Å². The highest BCUT2D eigenvalue weighted by Crippen LogP contribution is 2.22. The molecule has 0 unspecified atom stereocenters. The highest BCUT2D eigenvalue weighted by atomic mass is 79.9. The Morgan fingerprint density at radius 1 is 1.38 bits per heavy atom. The normalized spacial score (nSPS) is 15.9. The van der Waals surface area contributed by atoms with E-state index < -0.39 is 0 Å². The van der Waals surface area contributed by atoms with Gasteiger partial charge in [0, 0.05) is 11.0 Å². The zero-order valence-corrected chi connectivity index (χ0v) is 8.73. The second kappa shape index (κ2) is 3.50. The molecule has 0 bridgehead atoms. The zero-order valence-electron chi connectivity index (χ0n) is 7.14. The smallest absolute Gasteiger partial charge is 0.224 e. The molecular weight excluding hydrogens is 230 g/mol. The fourth-order valence-electron chi connectivity index (χ4n) is 1.60. The maximum Gasteiger partial charge on any atom is 0.224 e. The summed E-state index contributed by atoms with van der Waals surface area (Å²) >= 11 is 3.46. The standard InChI is InChI=1S/C10H10BrNO/c11-9-3-1-2-7-4-5-12-10(13)6-8(7)9/h1-3H,4-6H2,(H,12,13). The average Bonchev–Trinajstić information content (AvgIpc) is 2.28. The number of amides is 1. The minimum Gasteiger partial charge on any atom is -0.355 e. The van der Waals surface area contributed by atoms with E-state index >= 15 is 0 Å². The van der Waals surface area contributed by atoms with Crippen molar-refractivity contribution < 1.29 is 4.79 Å². The lowest BCUT2D eigenvalue weighted by molar-refractivity contribution is -0.120. The van der Waals surface area contributed by atoms with Gasteiger partial charge in [0.2, 0.25) is 5.91 Å². The summed E-state index contributed by atoms with van der Waals surface area (Å²) in [6, 6.07) is 6.08. The molecule has 3 heteroatoms. The van der Waals surface area contributed by atoms with E-state index in [-0.39, 0.29) is 5.91 Å². The van der Waals surface area contributed by atoms with Crippen LogP contribution in [-0.4, -0.2) is 12.5 Å². The number of fused-ring (bicyclic) bond motifs is 1. The van der Waals surface area contributed by atoms with Gasteiger partial charge in [0.1, 0.15) is 0 Å². The van der Waals surface area contributed by atoms with Gasteiger partial charge >= 0.3 is 0 Å². The van der Waals surface area contributed by atoms with E-state index in [4.69, 9.17) is 0 Å². The number of hydrogen-bond donors (Lipinski definition) is 1. The van der Waals surface area contributed by atoms with Crippen LogP contribution in [-0.2, 0) is 17.6 Å². The summed E-state index contributed by atoms with van der Waals surface area (Å²) in [5.41, 5.74) is 2.41. The van der Waals surface area contributed by atoms with Gasteiger partial charge in [0.05, 0.1) is 6.42 Å². The van der Waals surface area contributed by atoms with Gasteiger partial charge in [0.15, 0.2) is 0 Å². The van der Waals surface area contributed by atoms with Crippen LogP contribution in [0, 0.1) is 0 Å². The molecule has 13 heavy (non-hydrogen) atoms. The van der Waals surface area contributed by atoms with Crippen molar-refractivity contribution in [3.63, 3.8) is 0 Å². The molecule has 1 heterocycles. The summed E-state index contributed by atoms with van der Waals surface area (Å²) in [6.07, 6.45) is 1.43. The van der Waals surface area contributed by atoms with Gasteiger partial charge in [-0.1, -0.05) is 28.1 Å². The van der Waals surface area contributed by atoms with Crippen LogP contribution in [0.15, 0.2) is 22.7 Å². The van der Waals surface area contributed by atoms with Gasteiger partial charge in [-0.25, -0.2) is 0 Å². The molecule has 2 nitrogen and oxygen atoms in total. The average molecular weight is 240 g/mol. The van der Waals surface area contributed by atoms with Gasteiger partial charge in [-0.05, 0) is 23.6 Å². The topological polar surface area (TPSA) is 29.1 Å². The zero-order chi connectivity index (χ0) is 9.26. The first-order valence-corrected chi connectivity index (χ1v) is 5.09. The van der Waals surface area contributed by atoms with Gasteiger partial charge in [-0.2, -0.15) is 0 Å². The number of carbonyl (C=O) groups excluding carboxylic acids is 1. The molecule has 0 radical (unpaired) electrons. The quantitative estimate of drug-likeness (QED) is 0.734. The summed E-state index contributed by atoms with van der Waals surface area (Å²) in [5, 5.41) is 2.86. The van der Waals surface area contributed by atoms with E-state index in [0.717, 1.165) is 23.0 Å². The molecule has 1 aliphatic rings. The molecule has 0 atom stereocenters. The van der Waals surface area contributed by atoms with E-state index in [9.17, 15) is 4.79 Å². The van der Waals surface area contributed by atoms with Crippen molar-refractivity contribution in [2.45, 2.75) is 12.8 Å². The molecule has 1 amide bonds. The number of carbonyl (C=O) groups is 1. The van der Waals surface area contributed by atoms with Crippen molar-refractivity contribution in [2.24, 2.45) is 0 Å². The maximum atomic E-state index is 11.3. The second-order valence-corrected chi connectivity index (χ2v) is 4.01. The third-order valence-corrected chi connectivity index (χ3v) is 3.01. The molecular formula is C10H10BrNO. The van der Waals surface area contributed by atoms with Crippen LogP contribution in [0.25, 0.3) is 0 Å². The van der Waals surface area contributed by atoms with E-state index in [1.54, 1.807) is 0 Å². The Bertz CT molecular complexity index is 349. The molecule has 1 N–H and O–H groups in total. The summed E-state index contributed by atoms with van der Waals surface area (Å²) in [7, 11) is 0. The number of rotatable bonds is 0.